The number of halogens is 1. The molecule has 1 aromatic heterocycles. The largest absolute Gasteiger partial charge is 0.289 e. The molecule has 0 fully saturated rings. The first-order chi connectivity index (χ1) is 8.75. The molecule has 0 radical (unpaired) electrons. The fourth-order valence-corrected chi connectivity index (χ4v) is 2.33. The number of rotatable bonds is 4. The van der Waals surface area contributed by atoms with Crippen LogP contribution < -0.4 is 0 Å². The van der Waals surface area contributed by atoms with E-state index in [-0.39, 0.29) is 5.78 Å². The number of ketones is 1. The van der Waals surface area contributed by atoms with Gasteiger partial charge in [0, 0.05) is 16.2 Å². The minimum absolute atomic E-state index is 0.0141. The highest BCUT2D eigenvalue weighted by Gasteiger charge is 2.01. The smallest absolute Gasteiger partial charge is 0.186 e. The molecular formula is C14H10BrNOS. The number of thioether (sulfide) groups is 1. The summed E-state index contributed by atoms with van der Waals surface area (Å²) in [6.45, 7) is 0. The molecule has 0 aliphatic heterocycles. The first kappa shape index (κ1) is 13.1. The Morgan fingerprint density at radius 3 is 2.83 bits per heavy atom. The van der Waals surface area contributed by atoms with E-state index in [2.05, 4.69) is 20.9 Å². The molecule has 2 aromatic rings. The molecule has 0 saturated heterocycles. The lowest BCUT2D eigenvalue weighted by molar-refractivity contribution is 0.104. The lowest BCUT2D eigenvalue weighted by atomic mass is 10.1. The molecule has 90 valence electrons. The van der Waals surface area contributed by atoms with Gasteiger partial charge in [0.15, 0.2) is 5.78 Å². The fourth-order valence-electron chi connectivity index (χ4n) is 1.32. The van der Waals surface area contributed by atoms with E-state index in [0.717, 1.165) is 9.50 Å². The van der Waals surface area contributed by atoms with Crippen LogP contribution in [-0.4, -0.2) is 10.8 Å². The lowest BCUT2D eigenvalue weighted by Gasteiger charge is -1.96. The standard InChI is InChI=1S/C14H10BrNOS/c15-12-5-3-4-11(10-12)13(17)7-9-18-14-6-1-2-8-16-14/h1-10H/b9-7+. The number of pyridine rings is 1. The number of hydrogen-bond acceptors (Lipinski definition) is 3. The van der Waals surface area contributed by atoms with Gasteiger partial charge in [-0.1, -0.05) is 45.9 Å². The molecule has 4 heteroatoms. The summed E-state index contributed by atoms with van der Waals surface area (Å²) < 4.78 is 0.902. The average Bonchev–Trinajstić information content (AvgIpc) is 2.40. The maximum atomic E-state index is 11.8. The second-order valence-corrected chi connectivity index (χ2v) is 5.30. The van der Waals surface area contributed by atoms with Crippen LogP contribution in [-0.2, 0) is 0 Å². The summed E-state index contributed by atoms with van der Waals surface area (Å²) in [6.07, 6.45) is 3.29. The minimum Gasteiger partial charge on any atom is -0.289 e. The highest BCUT2D eigenvalue weighted by atomic mass is 79.9. The molecule has 0 N–H and O–H groups in total. The molecule has 18 heavy (non-hydrogen) atoms. The summed E-state index contributed by atoms with van der Waals surface area (Å²) >= 11 is 4.77. The summed E-state index contributed by atoms with van der Waals surface area (Å²) in [5, 5.41) is 2.63. The van der Waals surface area contributed by atoms with Gasteiger partial charge in [0.05, 0.1) is 0 Å². The Hall–Kier alpha value is -1.39. The van der Waals surface area contributed by atoms with Gasteiger partial charge in [0.2, 0.25) is 0 Å². The summed E-state index contributed by atoms with van der Waals surface area (Å²) in [6, 6.07) is 13.0. The zero-order chi connectivity index (χ0) is 12.8. The van der Waals surface area contributed by atoms with Crippen LogP contribution in [0.3, 0.4) is 0 Å². The molecule has 0 saturated carbocycles. The van der Waals surface area contributed by atoms with Gasteiger partial charge in [-0.2, -0.15) is 0 Å². The number of allylic oxidation sites excluding steroid dienone is 1. The third-order valence-corrected chi connectivity index (χ3v) is 3.40. The minimum atomic E-state index is -0.0141. The Kier molecular flexibility index (Phi) is 4.73. The van der Waals surface area contributed by atoms with Gasteiger partial charge in [0.1, 0.15) is 5.03 Å². The third kappa shape index (κ3) is 3.82. The van der Waals surface area contributed by atoms with Crippen molar-refractivity contribution in [1.29, 1.82) is 0 Å². The Labute approximate surface area is 118 Å². The number of carbonyl (C=O) groups is 1. The molecule has 1 heterocycles. The topological polar surface area (TPSA) is 30.0 Å². The van der Waals surface area contributed by atoms with Gasteiger partial charge in [-0.15, -0.1) is 0 Å². The number of aromatic nitrogens is 1. The number of carbonyl (C=O) groups excluding carboxylic acids is 1. The summed E-state index contributed by atoms with van der Waals surface area (Å²) in [5.74, 6) is -0.0141. The van der Waals surface area contributed by atoms with Crippen LogP contribution in [0.5, 0.6) is 0 Å². The monoisotopic (exact) mass is 319 g/mol. The second-order valence-electron chi connectivity index (χ2n) is 3.46. The second kappa shape index (κ2) is 6.52. The van der Waals surface area contributed by atoms with E-state index in [1.807, 2.05) is 30.3 Å². The summed E-state index contributed by atoms with van der Waals surface area (Å²) in [5.41, 5.74) is 0.669. The predicted octanol–water partition coefficient (Wildman–Crippen LogP) is 4.33. The first-order valence-electron chi connectivity index (χ1n) is 5.30. The molecule has 2 nitrogen and oxygen atoms in total. The summed E-state index contributed by atoms with van der Waals surface area (Å²) in [4.78, 5) is 16.0. The Morgan fingerprint density at radius 1 is 1.22 bits per heavy atom. The average molecular weight is 320 g/mol. The molecule has 0 amide bonds. The fraction of sp³-hybridized carbons (Fsp3) is 0. The maximum absolute atomic E-state index is 11.8. The quantitative estimate of drug-likeness (QED) is 0.477. The van der Waals surface area contributed by atoms with Crippen molar-refractivity contribution in [2.75, 3.05) is 0 Å². The van der Waals surface area contributed by atoms with Crippen LogP contribution in [0.2, 0.25) is 0 Å². The molecule has 0 aliphatic rings. The zero-order valence-corrected chi connectivity index (χ0v) is 11.8. The van der Waals surface area contributed by atoms with Crippen molar-refractivity contribution in [2.24, 2.45) is 0 Å². The van der Waals surface area contributed by atoms with Crippen molar-refractivity contribution in [3.05, 3.63) is 70.2 Å². The van der Waals surface area contributed by atoms with Crippen LogP contribution in [0.25, 0.3) is 0 Å². The van der Waals surface area contributed by atoms with E-state index in [0.29, 0.717) is 5.56 Å². The number of benzene rings is 1. The van der Waals surface area contributed by atoms with Crippen LogP contribution in [0, 0.1) is 0 Å². The van der Waals surface area contributed by atoms with E-state index in [9.17, 15) is 4.79 Å². The van der Waals surface area contributed by atoms with Gasteiger partial charge in [-0.25, -0.2) is 4.98 Å². The zero-order valence-electron chi connectivity index (χ0n) is 9.42. The van der Waals surface area contributed by atoms with Crippen LogP contribution in [0.4, 0.5) is 0 Å². The highest BCUT2D eigenvalue weighted by molar-refractivity contribution is 9.10. The lowest BCUT2D eigenvalue weighted by Crippen LogP contribution is -1.92. The first-order valence-corrected chi connectivity index (χ1v) is 6.97. The van der Waals surface area contributed by atoms with Crippen molar-refractivity contribution in [2.45, 2.75) is 5.03 Å². The van der Waals surface area contributed by atoms with Crippen molar-refractivity contribution < 1.29 is 4.79 Å². The van der Waals surface area contributed by atoms with E-state index in [1.165, 1.54) is 11.8 Å². The number of nitrogens with zero attached hydrogens (tertiary/aromatic N) is 1. The van der Waals surface area contributed by atoms with Crippen molar-refractivity contribution >= 4 is 33.5 Å². The summed E-state index contributed by atoms with van der Waals surface area (Å²) in [7, 11) is 0. The van der Waals surface area contributed by atoms with Gasteiger partial charge in [0.25, 0.3) is 0 Å². The van der Waals surface area contributed by atoms with E-state index in [4.69, 9.17) is 0 Å². The molecule has 1 aromatic carbocycles. The molecular weight excluding hydrogens is 310 g/mol. The molecule has 0 aliphatic carbocycles. The maximum Gasteiger partial charge on any atom is 0.186 e. The molecule has 0 atom stereocenters. The van der Waals surface area contributed by atoms with E-state index < -0.39 is 0 Å². The van der Waals surface area contributed by atoms with Crippen LogP contribution in [0.15, 0.2) is 69.6 Å². The Bertz CT molecular complexity index is 569. The Balaban J connectivity index is 1.99. The normalized spacial score (nSPS) is 10.7. The third-order valence-electron chi connectivity index (χ3n) is 2.16. The molecule has 0 spiro atoms. The van der Waals surface area contributed by atoms with Crippen LogP contribution in [0.1, 0.15) is 10.4 Å². The van der Waals surface area contributed by atoms with Gasteiger partial charge >= 0.3 is 0 Å². The van der Waals surface area contributed by atoms with E-state index >= 15 is 0 Å². The number of hydrogen-bond donors (Lipinski definition) is 0. The Morgan fingerprint density at radius 2 is 2.11 bits per heavy atom. The van der Waals surface area contributed by atoms with E-state index in [1.54, 1.807) is 29.8 Å². The van der Waals surface area contributed by atoms with Crippen molar-refractivity contribution in [3.8, 4) is 0 Å². The SMILES string of the molecule is O=C(/C=C/Sc1ccccn1)c1cccc(Br)c1. The van der Waals surface area contributed by atoms with Gasteiger partial charge < -0.3 is 0 Å². The van der Waals surface area contributed by atoms with Gasteiger partial charge in [-0.3, -0.25) is 4.79 Å². The predicted molar refractivity (Wildman–Crippen MR) is 77.7 cm³/mol. The van der Waals surface area contributed by atoms with Gasteiger partial charge in [-0.05, 0) is 35.7 Å². The highest BCUT2D eigenvalue weighted by Crippen LogP contribution is 2.17. The van der Waals surface area contributed by atoms with Crippen LogP contribution >= 0.6 is 27.7 Å². The molecule has 0 unspecified atom stereocenters. The van der Waals surface area contributed by atoms with Crippen molar-refractivity contribution in [1.82, 2.24) is 4.98 Å². The van der Waals surface area contributed by atoms with Crippen molar-refractivity contribution in [3.63, 3.8) is 0 Å². The molecule has 2 rings (SSSR count). The molecule has 0 bridgehead atoms.